The molecule has 0 aromatic heterocycles. The smallest absolute Gasteiger partial charge is 0.145 e. The molecular formula is C14H19N3O2. The van der Waals surface area contributed by atoms with Crippen LogP contribution in [0.25, 0.3) is 0 Å². The number of anilines is 1. The van der Waals surface area contributed by atoms with Crippen molar-refractivity contribution in [1.82, 2.24) is 5.32 Å². The molecule has 5 nitrogen and oxygen atoms in total. The lowest BCUT2D eigenvalue weighted by atomic mass is 10.2. The van der Waals surface area contributed by atoms with Crippen LogP contribution in [0, 0.1) is 11.3 Å². The first-order valence-electron chi connectivity index (χ1n) is 6.35. The van der Waals surface area contributed by atoms with Crippen molar-refractivity contribution in [3.63, 3.8) is 0 Å². The summed E-state index contributed by atoms with van der Waals surface area (Å²) in [5.74, 6) is 1.61. The molecule has 0 radical (unpaired) electrons. The maximum Gasteiger partial charge on any atom is 0.145 e. The Balaban J connectivity index is 2.08. The second-order valence-corrected chi connectivity index (χ2v) is 4.51. The van der Waals surface area contributed by atoms with Gasteiger partial charge in [-0.3, -0.25) is 5.32 Å². The van der Waals surface area contributed by atoms with Crippen molar-refractivity contribution in [3.8, 4) is 17.6 Å². The summed E-state index contributed by atoms with van der Waals surface area (Å²) < 4.78 is 10.6. The molecular weight excluding hydrogens is 242 g/mol. The van der Waals surface area contributed by atoms with E-state index in [2.05, 4.69) is 16.3 Å². The van der Waals surface area contributed by atoms with Gasteiger partial charge in [-0.2, -0.15) is 5.26 Å². The third-order valence-corrected chi connectivity index (χ3v) is 3.39. The second kappa shape index (κ2) is 6.30. The lowest BCUT2D eigenvalue weighted by molar-refractivity contribution is 0.394. The van der Waals surface area contributed by atoms with Crippen LogP contribution in [0.3, 0.4) is 0 Å². The van der Waals surface area contributed by atoms with Crippen LogP contribution in [0.1, 0.15) is 6.42 Å². The molecule has 1 aliphatic heterocycles. The first-order valence-corrected chi connectivity index (χ1v) is 6.35. The molecule has 0 aliphatic carbocycles. The highest BCUT2D eigenvalue weighted by molar-refractivity contribution is 5.61. The van der Waals surface area contributed by atoms with Crippen molar-refractivity contribution in [2.75, 3.05) is 38.8 Å². The SMILES string of the molecule is COc1ccc(N2CCC(NCC#N)C2)c(OC)c1. The second-order valence-electron chi connectivity index (χ2n) is 4.51. The van der Waals surface area contributed by atoms with E-state index in [0.717, 1.165) is 36.7 Å². The minimum atomic E-state index is 0.367. The lowest BCUT2D eigenvalue weighted by Crippen LogP contribution is -2.32. The topological polar surface area (TPSA) is 57.5 Å². The van der Waals surface area contributed by atoms with Crippen molar-refractivity contribution in [2.45, 2.75) is 12.5 Å². The number of nitrogens with zero attached hydrogens (tertiary/aromatic N) is 2. The van der Waals surface area contributed by atoms with Gasteiger partial charge >= 0.3 is 0 Å². The molecule has 5 heteroatoms. The number of nitrogens with one attached hydrogen (secondary N) is 1. The van der Waals surface area contributed by atoms with Gasteiger partial charge in [0.1, 0.15) is 11.5 Å². The van der Waals surface area contributed by atoms with E-state index >= 15 is 0 Å². The van der Waals surface area contributed by atoms with Gasteiger partial charge < -0.3 is 14.4 Å². The fourth-order valence-electron chi connectivity index (χ4n) is 2.38. The van der Waals surface area contributed by atoms with Gasteiger partial charge in [0.15, 0.2) is 0 Å². The Morgan fingerprint density at radius 2 is 2.26 bits per heavy atom. The Kier molecular flexibility index (Phi) is 4.48. The van der Waals surface area contributed by atoms with Crippen molar-refractivity contribution < 1.29 is 9.47 Å². The average molecular weight is 261 g/mol. The predicted octanol–water partition coefficient (Wildman–Crippen LogP) is 1.40. The minimum Gasteiger partial charge on any atom is -0.497 e. The summed E-state index contributed by atoms with van der Waals surface area (Å²) in [5, 5.41) is 11.8. The zero-order chi connectivity index (χ0) is 13.7. The van der Waals surface area contributed by atoms with Gasteiger partial charge in [0.05, 0.1) is 32.5 Å². The molecule has 1 unspecified atom stereocenters. The lowest BCUT2D eigenvalue weighted by Gasteiger charge is -2.21. The van der Waals surface area contributed by atoms with Crippen LogP contribution in [0.15, 0.2) is 18.2 Å². The molecule has 1 fully saturated rings. The molecule has 1 atom stereocenters. The van der Waals surface area contributed by atoms with Crippen LogP contribution in [-0.4, -0.2) is 39.9 Å². The summed E-state index contributed by atoms with van der Waals surface area (Å²) in [7, 11) is 3.31. The number of hydrogen-bond donors (Lipinski definition) is 1. The van der Waals surface area contributed by atoms with Crippen molar-refractivity contribution in [1.29, 1.82) is 5.26 Å². The molecule has 0 spiro atoms. The maximum atomic E-state index is 8.59. The van der Waals surface area contributed by atoms with E-state index in [4.69, 9.17) is 14.7 Å². The van der Waals surface area contributed by atoms with Crippen LogP contribution >= 0.6 is 0 Å². The highest BCUT2D eigenvalue weighted by Crippen LogP contribution is 2.33. The predicted molar refractivity (Wildman–Crippen MR) is 73.8 cm³/mol. The van der Waals surface area contributed by atoms with E-state index in [1.807, 2.05) is 18.2 Å². The van der Waals surface area contributed by atoms with E-state index in [0.29, 0.717) is 12.6 Å². The van der Waals surface area contributed by atoms with Gasteiger partial charge in [-0.05, 0) is 18.6 Å². The summed E-state index contributed by atoms with van der Waals surface area (Å²) in [6, 6.07) is 8.33. The first-order chi connectivity index (χ1) is 9.28. The van der Waals surface area contributed by atoms with Gasteiger partial charge in [0, 0.05) is 25.2 Å². The summed E-state index contributed by atoms with van der Waals surface area (Å²) in [4.78, 5) is 2.27. The molecule has 1 saturated heterocycles. The summed E-state index contributed by atoms with van der Waals surface area (Å²) in [6.07, 6.45) is 1.04. The molecule has 19 heavy (non-hydrogen) atoms. The van der Waals surface area contributed by atoms with E-state index in [1.54, 1.807) is 14.2 Å². The Hall–Kier alpha value is -1.93. The Labute approximate surface area is 113 Å². The highest BCUT2D eigenvalue weighted by atomic mass is 16.5. The van der Waals surface area contributed by atoms with Crippen LogP contribution in [0.2, 0.25) is 0 Å². The molecule has 0 saturated carbocycles. The summed E-state index contributed by atoms with van der Waals surface area (Å²) >= 11 is 0. The normalized spacial score (nSPS) is 18.2. The Bertz CT molecular complexity index is 470. The first kappa shape index (κ1) is 13.5. The molecule has 1 aliphatic rings. The number of methoxy groups -OCH3 is 2. The third kappa shape index (κ3) is 3.09. The zero-order valence-electron chi connectivity index (χ0n) is 11.3. The van der Waals surface area contributed by atoms with Crippen LogP contribution in [0.4, 0.5) is 5.69 Å². The van der Waals surface area contributed by atoms with Gasteiger partial charge in [0.2, 0.25) is 0 Å². The highest BCUT2D eigenvalue weighted by Gasteiger charge is 2.24. The monoisotopic (exact) mass is 261 g/mol. The zero-order valence-corrected chi connectivity index (χ0v) is 11.3. The molecule has 0 amide bonds. The molecule has 1 aromatic rings. The number of benzene rings is 1. The van der Waals surface area contributed by atoms with E-state index < -0.39 is 0 Å². The standard InChI is InChI=1S/C14H19N3O2/c1-18-12-3-4-13(14(9-12)19-2)17-8-5-11(10-17)16-7-6-15/h3-4,9,11,16H,5,7-8,10H2,1-2H3. The largest absolute Gasteiger partial charge is 0.497 e. The molecule has 1 heterocycles. The van der Waals surface area contributed by atoms with E-state index in [9.17, 15) is 0 Å². The van der Waals surface area contributed by atoms with Crippen LogP contribution in [-0.2, 0) is 0 Å². The number of ether oxygens (including phenoxy) is 2. The fourth-order valence-corrected chi connectivity index (χ4v) is 2.38. The van der Waals surface area contributed by atoms with Crippen LogP contribution < -0.4 is 19.7 Å². The van der Waals surface area contributed by atoms with Gasteiger partial charge in [-0.1, -0.05) is 0 Å². The van der Waals surface area contributed by atoms with Crippen LogP contribution in [0.5, 0.6) is 11.5 Å². The Morgan fingerprint density at radius 1 is 1.42 bits per heavy atom. The summed E-state index contributed by atoms with van der Waals surface area (Å²) in [6.45, 7) is 2.26. The molecule has 2 rings (SSSR count). The van der Waals surface area contributed by atoms with Crippen molar-refractivity contribution in [3.05, 3.63) is 18.2 Å². The third-order valence-electron chi connectivity index (χ3n) is 3.39. The molecule has 1 N–H and O–H groups in total. The molecule has 0 bridgehead atoms. The Morgan fingerprint density at radius 3 is 2.95 bits per heavy atom. The van der Waals surface area contributed by atoms with Gasteiger partial charge in [0.25, 0.3) is 0 Å². The number of rotatable bonds is 5. The van der Waals surface area contributed by atoms with Gasteiger partial charge in [-0.25, -0.2) is 0 Å². The number of nitriles is 1. The van der Waals surface area contributed by atoms with Crippen molar-refractivity contribution >= 4 is 5.69 Å². The average Bonchev–Trinajstić information content (AvgIpc) is 2.92. The summed E-state index contributed by atoms with van der Waals surface area (Å²) in [5.41, 5.74) is 1.07. The molecule has 1 aromatic carbocycles. The van der Waals surface area contributed by atoms with E-state index in [1.165, 1.54) is 0 Å². The quantitative estimate of drug-likeness (QED) is 0.812. The number of hydrogen-bond acceptors (Lipinski definition) is 5. The maximum absolute atomic E-state index is 8.59. The van der Waals surface area contributed by atoms with Gasteiger partial charge in [-0.15, -0.1) is 0 Å². The fraction of sp³-hybridized carbons (Fsp3) is 0.500. The van der Waals surface area contributed by atoms with E-state index in [-0.39, 0.29) is 0 Å². The minimum absolute atomic E-state index is 0.367. The molecule has 102 valence electrons. The van der Waals surface area contributed by atoms with Crippen molar-refractivity contribution in [2.24, 2.45) is 0 Å².